The van der Waals surface area contributed by atoms with Crippen LogP contribution in [0.4, 0.5) is 5.69 Å². The third-order valence-electron chi connectivity index (χ3n) is 2.93. The molecule has 0 amide bonds. The molecule has 1 aromatic heterocycles. The van der Waals surface area contributed by atoms with Crippen LogP contribution in [0.1, 0.15) is 36.1 Å². The van der Waals surface area contributed by atoms with Crippen molar-refractivity contribution in [2.45, 2.75) is 19.9 Å². The number of aromatic nitrogens is 4. The highest BCUT2D eigenvalue weighted by Crippen LogP contribution is 2.23. The molecule has 0 saturated heterocycles. The molecule has 0 aliphatic heterocycles. The third-order valence-corrected chi connectivity index (χ3v) is 2.93. The van der Waals surface area contributed by atoms with Crippen molar-refractivity contribution < 1.29 is 9.53 Å². The molecular formula is C13H17N5O2. The summed E-state index contributed by atoms with van der Waals surface area (Å²) in [7, 11) is 1.36. The van der Waals surface area contributed by atoms with Crippen molar-refractivity contribution in [3.8, 4) is 0 Å². The number of esters is 1. The summed E-state index contributed by atoms with van der Waals surface area (Å²) in [6, 6.07) is 7.00. The minimum absolute atomic E-state index is 0.0577. The van der Waals surface area contributed by atoms with Gasteiger partial charge in [-0.3, -0.25) is 0 Å². The molecule has 1 unspecified atom stereocenters. The van der Waals surface area contributed by atoms with Crippen LogP contribution in [0.2, 0.25) is 0 Å². The van der Waals surface area contributed by atoms with Crippen molar-refractivity contribution in [3.05, 3.63) is 35.7 Å². The standard InChI is InChI=1S/C13H17N5O2/c1-8(2)11(12-15-17-18-16-12)14-10-6-4-9(5-7-10)13(19)20-3/h4-8,11,14H,1-3H3,(H,15,16,17,18). The first-order valence-corrected chi connectivity index (χ1v) is 6.30. The predicted octanol–water partition coefficient (Wildman–Crippen LogP) is 1.80. The molecule has 0 saturated carbocycles. The molecule has 0 bridgehead atoms. The molecule has 7 heteroatoms. The van der Waals surface area contributed by atoms with Gasteiger partial charge in [0.1, 0.15) is 0 Å². The summed E-state index contributed by atoms with van der Waals surface area (Å²) >= 11 is 0. The van der Waals surface area contributed by atoms with Crippen LogP contribution in [0.3, 0.4) is 0 Å². The zero-order chi connectivity index (χ0) is 14.5. The number of rotatable bonds is 5. The number of nitrogens with one attached hydrogen (secondary N) is 2. The van der Waals surface area contributed by atoms with Crippen molar-refractivity contribution in [2.24, 2.45) is 5.92 Å². The van der Waals surface area contributed by atoms with Crippen LogP contribution in [0.15, 0.2) is 24.3 Å². The van der Waals surface area contributed by atoms with E-state index < -0.39 is 0 Å². The zero-order valence-corrected chi connectivity index (χ0v) is 11.6. The van der Waals surface area contributed by atoms with Crippen molar-refractivity contribution >= 4 is 11.7 Å². The molecule has 0 aliphatic rings. The largest absolute Gasteiger partial charge is 0.465 e. The number of anilines is 1. The molecular weight excluding hydrogens is 258 g/mol. The fraction of sp³-hybridized carbons (Fsp3) is 0.385. The molecule has 0 aliphatic carbocycles. The summed E-state index contributed by atoms with van der Waals surface area (Å²) in [5.74, 6) is 0.542. The molecule has 2 rings (SSSR count). The Morgan fingerprint density at radius 2 is 2.00 bits per heavy atom. The molecule has 2 N–H and O–H groups in total. The van der Waals surface area contributed by atoms with Crippen LogP contribution in [0.25, 0.3) is 0 Å². The number of aromatic amines is 1. The van der Waals surface area contributed by atoms with Crippen molar-refractivity contribution in [1.82, 2.24) is 20.6 Å². The van der Waals surface area contributed by atoms with Gasteiger partial charge in [0, 0.05) is 5.69 Å². The van der Waals surface area contributed by atoms with Crippen LogP contribution in [-0.4, -0.2) is 33.7 Å². The number of methoxy groups -OCH3 is 1. The van der Waals surface area contributed by atoms with Gasteiger partial charge in [-0.05, 0) is 30.2 Å². The second-order valence-electron chi connectivity index (χ2n) is 4.70. The number of ether oxygens (including phenoxy) is 1. The number of carbonyl (C=O) groups is 1. The Balaban J connectivity index is 2.13. The van der Waals surface area contributed by atoms with Crippen LogP contribution in [-0.2, 0) is 4.74 Å². The Morgan fingerprint density at radius 1 is 1.30 bits per heavy atom. The minimum atomic E-state index is -0.352. The molecule has 1 aromatic carbocycles. The lowest BCUT2D eigenvalue weighted by atomic mass is 10.0. The van der Waals surface area contributed by atoms with E-state index in [1.807, 2.05) is 12.1 Å². The normalized spacial score (nSPS) is 12.2. The fourth-order valence-electron chi connectivity index (χ4n) is 1.83. The van der Waals surface area contributed by atoms with E-state index in [0.29, 0.717) is 11.4 Å². The topological polar surface area (TPSA) is 92.8 Å². The first kappa shape index (κ1) is 14.0. The number of hydrogen-bond acceptors (Lipinski definition) is 6. The second-order valence-corrected chi connectivity index (χ2v) is 4.70. The van der Waals surface area contributed by atoms with Crippen LogP contribution >= 0.6 is 0 Å². The Kier molecular flexibility index (Phi) is 4.29. The van der Waals surface area contributed by atoms with Gasteiger partial charge in [0.05, 0.1) is 18.7 Å². The van der Waals surface area contributed by atoms with Gasteiger partial charge in [0.25, 0.3) is 0 Å². The minimum Gasteiger partial charge on any atom is -0.465 e. The van der Waals surface area contributed by atoms with Gasteiger partial charge in [-0.2, -0.15) is 5.21 Å². The van der Waals surface area contributed by atoms with Gasteiger partial charge in [-0.15, -0.1) is 10.2 Å². The highest BCUT2D eigenvalue weighted by Gasteiger charge is 2.20. The second kappa shape index (κ2) is 6.14. The third kappa shape index (κ3) is 3.11. The number of H-pyrrole nitrogens is 1. The number of carbonyl (C=O) groups excluding carboxylic acids is 1. The van der Waals surface area contributed by atoms with E-state index in [2.05, 4.69) is 44.5 Å². The van der Waals surface area contributed by atoms with Gasteiger partial charge < -0.3 is 10.1 Å². The van der Waals surface area contributed by atoms with Gasteiger partial charge in [0.15, 0.2) is 5.82 Å². The van der Waals surface area contributed by atoms with Crippen LogP contribution < -0.4 is 5.32 Å². The van der Waals surface area contributed by atoms with E-state index in [4.69, 9.17) is 0 Å². The van der Waals surface area contributed by atoms with E-state index in [-0.39, 0.29) is 17.9 Å². The summed E-state index contributed by atoms with van der Waals surface area (Å²) in [4.78, 5) is 11.4. The van der Waals surface area contributed by atoms with Gasteiger partial charge in [0.2, 0.25) is 0 Å². The van der Waals surface area contributed by atoms with Gasteiger partial charge in [-0.25, -0.2) is 4.79 Å². The monoisotopic (exact) mass is 275 g/mol. The van der Waals surface area contributed by atoms with Crippen LogP contribution in [0, 0.1) is 5.92 Å². The van der Waals surface area contributed by atoms with E-state index in [1.54, 1.807) is 12.1 Å². The number of hydrogen-bond donors (Lipinski definition) is 2. The molecule has 2 aromatic rings. The number of tetrazole rings is 1. The Morgan fingerprint density at radius 3 is 2.50 bits per heavy atom. The lowest BCUT2D eigenvalue weighted by molar-refractivity contribution is 0.0601. The zero-order valence-electron chi connectivity index (χ0n) is 11.6. The highest BCUT2D eigenvalue weighted by atomic mass is 16.5. The molecule has 1 atom stereocenters. The van der Waals surface area contributed by atoms with Gasteiger partial charge in [-0.1, -0.05) is 19.1 Å². The smallest absolute Gasteiger partial charge is 0.337 e. The average molecular weight is 275 g/mol. The van der Waals surface area contributed by atoms with E-state index >= 15 is 0 Å². The Labute approximate surface area is 116 Å². The van der Waals surface area contributed by atoms with Crippen molar-refractivity contribution in [1.29, 1.82) is 0 Å². The lowest BCUT2D eigenvalue weighted by Gasteiger charge is -2.20. The van der Waals surface area contributed by atoms with Crippen molar-refractivity contribution in [3.63, 3.8) is 0 Å². The number of nitrogens with zero attached hydrogens (tertiary/aromatic N) is 3. The first-order valence-electron chi connectivity index (χ1n) is 6.30. The van der Waals surface area contributed by atoms with E-state index in [9.17, 15) is 4.79 Å². The Hall–Kier alpha value is -2.44. The molecule has 7 nitrogen and oxygen atoms in total. The summed E-state index contributed by atoms with van der Waals surface area (Å²) < 4.78 is 4.66. The molecule has 106 valence electrons. The Bertz CT molecular complexity index is 551. The first-order chi connectivity index (χ1) is 9.61. The molecule has 0 radical (unpaired) electrons. The van der Waals surface area contributed by atoms with Crippen LogP contribution in [0.5, 0.6) is 0 Å². The highest BCUT2D eigenvalue weighted by molar-refractivity contribution is 5.89. The maximum atomic E-state index is 11.4. The fourth-order valence-corrected chi connectivity index (χ4v) is 1.83. The van der Waals surface area contributed by atoms with Crippen molar-refractivity contribution in [2.75, 3.05) is 12.4 Å². The van der Waals surface area contributed by atoms with E-state index in [1.165, 1.54) is 7.11 Å². The van der Waals surface area contributed by atoms with E-state index in [0.717, 1.165) is 5.69 Å². The molecule has 20 heavy (non-hydrogen) atoms. The predicted molar refractivity (Wildman–Crippen MR) is 73.2 cm³/mol. The molecule has 0 spiro atoms. The van der Waals surface area contributed by atoms with Gasteiger partial charge >= 0.3 is 5.97 Å². The SMILES string of the molecule is COC(=O)c1ccc(NC(c2nn[nH]n2)C(C)C)cc1. The molecule has 1 heterocycles. The maximum Gasteiger partial charge on any atom is 0.337 e. The number of benzene rings is 1. The maximum absolute atomic E-state index is 11.4. The average Bonchev–Trinajstić information content (AvgIpc) is 2.98. The lowest BCUT2D eigenvalue weighted by Crippen LogP contribution is -2.18. The summed E-state index contributed by atoms with van der Waals surface area (Å²) in [5.41, 5.74) is 1.39. The molecule has 0 fully saturated rings. The summed E-state index contributed by atoms with van der Waals surface area (Å²) in [6.45, 7) is 4.13. The summed E-state index contributed by atoms with van der Waals surface area (Å²) in [5, 5.41) is 17.4. The quantitative estimate of drug-likeness (QED) is 0.808. The summed E-state index contributed by atoms with van der Waals surface area (Å²) in [6.07, 6.45) is 0.